The summed E-state index contributed by atoms with van der Waals surface area (Å²) in [7, 11) is 0. The SMILES string of the molecule is CC1(C)N=C(c2ccc(Cl)cc2Cl)C(=S)N1C(=O)c1ccccc1. The lowest BCUT2D eigenvalue weighted by atomic mass is 10.1. The maximum atomic E-state index is 12.9. The Morgan fingerprint density at radius 3 is 2.42 bits per heavy atom. The zero-order valence-corrected chi connectivity index (χ0v) is 15.4. The van der Waals surface area contributed by atoms with Gasteiger partial charge in [-0.05, 0) is 44.2 Å². The fraction of sp³-hybridized carbons (Fsp3) is 0.167. The summed E-state index contributed by atoms with van der Waals surface area (Å²) in [5.74, 6) is -0.186. The van der Waals surface area contributed by atoms with Gasteiger partial charge in [-0.15, -0.1) is 0 Å². The minimum Gasteiger partial charge on any atom is -0.272 e. The number of amides is 1. The molecule has 2 aromatic rings. The van der Waals surface area contributed by atoms with E-state index in [2.05, 4.69) is 4.99 Å². The predicted molar refractivity (Wildman–Crippen MR) is 102 cm³/mol. The van der Waals surface area contributed by atoms with Gasteiger partial charge >= 0.3 is 0 Å². The van der Waals surface area contributed by atoms with Gasteiger partial charge in [0.2, 0.25) is 0 Å². The van der Waals surface area contributed by atoms with Crippen LogP contribution in [0.3, 0.4) is 0 Å². The molecule has 0 aliphatic carbocycles. The molecule has 0 saturated heterocycles. The number of nitrogens with zero attached hydrogens (tertiary/aromatic N) is 2. The molecule has 0 saturated carbocycles. The standard InChI is InChI=1S/C18H14Cl2N2OS/c1-18(2)21-15(13-9-8-12(19)10-14(13)20)17(24)22(18)16(23)11-6-4-3-5-7-11/h3-10H,1-2H3. The average molecular weight is 377 g/mol. The quantitative estimate of drug-likeness (QED) is 0.690. The molecule has 0 N–H and O–H groups in total. The third-order valence-electron chi connectivity index (χ3n) is 3.75. The second-order valence-corrected chi connectivity index (χ2v) is 7.12. The zero-order valence-electron chi connectivity index (χ0n) is 13.1. The van der Waals surface area contributed by atoms with Crippen LogP contribution in [0.1, 0.15) is 29.8 Å². The van der Waals surface area contributed by atoms with E-state index < -0.39 is 5.66 Å². The van der Waals surface area contributed by atoms with Crippen molar-refractivity contribution in [1.29, 1.82) is 0 Å². The molecule has 0 bridgehead atoms. The monoisotopic (exact) mass is 376 g/mol. The van der Waals surface area contributed by atoms with Crippen molar-refractivity contribution in [1.82, 2.24) is 4.90 Å². The highest BCUT2D eigenvalue weighted by molar-refractivity contribution is 7.82. The van der Waals surface area contributed by atoms with Crippen LogP contribution in [0.15, 0.2) is 53.5 Å². The number of aliphatic imine (C=N–C) groups is 1. The van der Waals surface area contributed by atoms with Gasteiger partial charge in [0.05, 0.1) is 5.02 Å². The number of rotatable bonds is 2. The highest BCUT2D eigenvalue weighted by Gasteiger charge is 2.42. The Labute approximate surface area is 155 Å². The molecule has 1 amide bonds. The van der Waals surface area contributed by atoms with Gasteiger partial charge in [-0.1, -0.05) is 53.6 Å². The van der Waals surface area contributed by atoms with Crippen molar-refractivity contribution in [2.45, 2.75) is 19.5 Å². The number of halogens is 2. The summed E-state index contributed by atoms with van der Waals surface area (Å²) >= 11 is 17.8. The van der Waals surface area contributed by atoms with Crippen molar-refractivity contribution in [3.05, 3.63) is 69.7 Å². The van der Waals surface area contributed by atoms with Crippen molar-refractivity contribution >= 4 is 52.0 Å². The van der Waals surface area contributed by atoms with Crippen molar-refractivity contribution in [2.75, 3.05) is 0 Å². The summed E-state index contributed by atoms with van der Waals surface area (Å²) in [6.45, 7) is 3.69. The van der Waals surface area contributed by atoms with Gasteiger partial charge in [-0.2, -0.15) is 0 Å². The third kappa shape index (κ3) is 2.97. The molecular formula is C18H14Cl2N2OS. The van der Waals surface area contributed by atoms with E-state index in [1.807, 2.05) is 32.0 Å². The lowest BCUT2D eigenvalue weighted by Gasteiger charge is -2.29. The van der Waals surface area contributed by atoms with Crippen LogP contribution in [0.5, 0.6) is 0 Å². The molecule has 1 heterocycles. The average Bonchev–Trinajstić information content (AvgIpc) is 2.77. The molecule has 122 valence electrons. The number of hydrogen-bond acceptors (Lipinski definition) is 3. The molecule has 0 radical (unpaired) electrons. The molecule has 0 atom stereocenters. The summed E-state index contributed by atoms with van der Waals surface area (Å²) in [5.41, 5.74) is 0.970. The summed E-state index contributed by atoms with van der Waals surface area (Å²) in [6.07, 6.45) is 0. The van der Waals surface area contributed by atoms with Crippen LogP contribution < -0.4 is 0 Å². The van der Waals surface area contributed by atoms with Gasteiger partial charge in [0.15, 0.2) is 0 Å². The van der Waals surface area contributed by atoms with Crippen LogP contribution in [0.2, 0.25) is 10.0 Å². The van der Waals surface area contributed by atoms with E-state index in [9.17, 15) is 4.79 Å². The molecule has 3 nitrogen and oxygen atoms in total. The Balaban J connectivity index is 2.02. The normalized spacial score (nSPS) is 16.2. The second kappa shape index (κ2) is 6.28. The molecule has 1 aliphatic rings. The minimum absolute atomic E-state index is 0.186. The lowest BCUT2D eigenvalue weighted by molar-refractivity contribution is 0.0758. The molecule has 0 aromatic heterocycles. The largest absolute Gasteiger partial charge is 0.272 e. The van der Waals surface area contributed by atoms with Gasteiger partial charge in [0.25, 0.3) is 5.91 Å². The molecule has 6 heteroatoms. The molecule has 0 unspecified atom stereocenters. The zero-order chi connectivity index (χ0) is 17.5. The molecular weight excluding hydrogens is 363 g/mol. The van der Waals surface area contributed by atoms with Gasteiger partial charge < -0.3 is 0 Å². The van der Waals surface area contributed by atoms with E-state index in [0.29, 0.717) is 31.9 Å². The first-order valence-corrected chi connectivity index (χ1v) is 8.47. The summed E-state index contributed by atoms with van der Waals surface area (Å²) in [4.78, 5) is 19.4. The topological polar surface area (TPSA) is 32.7 Å². The Morgan fingerprint density at radius 2 is 1.79 bits per heavy atom. The van der Waals surface area contributed by atoms with Gasteiger partial charge in [-0.3, -0.25) is 14.7 Å². The first-order valence-electron chi connectivity index (χ1n) is 7.30. The van der Waals surface area contributed by atoms with Crippen LogP contribution in [-0.4, -0.2) is 27.2 Å². The molecule has 0 fully saturated rings. The first-order chi connectivity index (χ1) is 11.3. The minimum atomic E-state index is -0.789. The van der Waals surface area contributed by atoms with E-state index in [0.717, 1.165) is 0 Å². The van der Waals surface area contributed by atoms with Crippen molar-refractivity contribution < 1.29 is 4.79 Å². The van der Waals surface area contributed by atoms with Gasteiger partial charge in [-0.25, -0.2) is 0 Å². The molecule has 3 rings (SSSR count). The van der Waals surface area contributed by atoms with E-state index in [1.54, 1.807) is 30.3 Å². The Morgan fingerprint density at radius 1 is 1.12 bits per heavy atom. The number of hydrogen-bond donors (Lipinski definition) is 0. The van der Waals surface area contributed by atoms with Crippen LogP contribution >= 0.6 is 35.4 Å². The first kappa shape index (κ1) is 17.1. The highest BCUT2D eigenvalue weighted by Crippen LogP contribution is 2.32. The van der Waals surface area contributed by atoms with E-state index in [-0.39, 0.29) is 5.91 Å². The predicted octanol–water partition coefficient (Wildman–Crippen LogP) is 5.00. The summed E-state index contributed by atoms with van der Waals surface area (Å²) < 4.78 is 0. The summed E-state index contributed by atoms with van der Waals surface area (Å²) in [5, 5.41) is 0.984. The van der Waals surface area contributed by atoms with E-state index >= 15 is 0 Å². The number of carbonyl (C=O) groups is 1. The van der Waals surface area contributed by atoms with Crippen LogP contribution in [0.4, 0.5) is 0 Å². The summed E-state index contributed by atoms with van der Waals surface area (Å²) in [6, 6.07) is 14.1. The van der Waals surface area contributed by atoms with Crippen LogP contribution in [0.25, 0.3) is 0 Å². The van der Waals surface area contributed by atoms with Crippen LogP contribution in [0, 0.1) is 0 Å². The van der Waals surface area contributed by atoms with Crippen molar-refractivity contribution in [3.8, 4) is 0 Å². The van der Waals surface area contributed by atoms with Crippen molar-refractivity contribution in [3.63, 3.8) is 0 Å². The fourth-order valence-electron chi connectivity index (χ4n) is 2.63. The third-order valence-corrected chi connectivity index (χ3v) is 4.67. The van der Waals surface area contributed by atoms with E-state index in [4.69, 9.17) is 35.4 Å². The molecule has 1 aliphatic heterocycles. The van der Waals surface area contributed by atoms with Gasteiger partial charge in [0, 0.05) is 16.1 Å². The second-order valence-electron chi connectivity index (χ2n) is 5.89. The smallest absolute Gasteiger partial charge is 0.260 e. The van der Waals surface area contributed by atoms with Crippen LogP contribution in [-0.2, 0) is 0 Å². The molecule has 24 heavy (non-hydrogen) atoms. The lowest BCUT2D eigenvalue weighted by Crippen LogP contribution is -2.46. The Bertz CT molecular complexity index is 863. The Hall–Kier alpha value is -1.75. The van der Waals surface area contributed by atoms with Crippen molar-refractivity contribution in [2.24, 2.45) is 4.99 Å². The molecule has 2 aromatic carbocycles. The number of thiocarbonyl (C=S) groups is 1. The Kier molecular flexibility index (Phi) is 4.47. The fourth-order valence-corrected chi connectivity index (χ4v) is 3.59. The maximum absolute atomic E-state index is 12.9. The molecule has 0 spiro atoms. The van der Waals surface area contributed by atoms with E-state index in [1.165, 1.54) is 4.90 Å². The maximum Gasteiger partial charge on any atom is 0.260 e. The van der Waals surface area contributed by atoms with Gasteiger partial charge in [0.1, 0.15) is 16.4 Å². The number of carbonyl (C=O) groups excluding carboxylic acids is 1. The number of benzene rings is 2. The highest BCUT2D eigenvalue weighted by atomic mass is 35.5.